The van der Waals surface area contributed by atoms with E-state index < -0.39 is 17.8 Å². The molecule has 35 heavy (non-hydrogen) atoms. The molecular formula is C23H20BrF4N5OS. The first-order valence-corrected chi connectivity index (χ1v) is 12.2. The number of benzene rings is 1. The number of aromatic nitrogens is 3. The summed E-state index contributed by atoms with van der Waals surface area (Å²) in [6, 6.07) is 8.97. The van der Waals surface area contributed by atoms with Gasteiger partial charge in [0.25, 0.3) is 0 Å². The van der Waals surface area contributed by atoms with E-state index in [4.69, 9.17) is 0 Å². The lowest BCUT2D eigenvalue weighted by Gasteiger charge is -2.26. The number of rotatable bonds is 6. The van der Waals surface area contributed by atoms with Crippen molar-refractivity contribution in [2.75, 3.05) is 0 Å². The average Bonchev–Trinajstić information content (AvgIpc) is 3.19. The zero-order chi connectivity index (χ0) is 25.2. The molecular weight excluding hydrogens is 550 g/mol. The van der Waals surface area contributed by atoms with Gasteiger partial charge < -0.3 is 5.32 Å². The zero-order valence-corrected chi connectivity index (χ0v) is 20.8. The average molecular weight is 570 g/mol. The van der Waals surface area contributed by atoms with E-state index >= 15 is 0 Å². The molecule has 3 heterocycles. The molecule has 184 valence electrons. The van der Waals surface area contributed by atoms with Gasteiger partial charge >= 0.3 is 6.18 Å². The Morgan fingerprint density at radius 3 is 2.49 bits per heavy atom. The Kier molecular flexibility index (Phi) is 7.72. The molecule has 1 aliphatic rings. The second kappa shape index (κ2) is 10.6. The van der Waals surface area contributed by atoms with Crippen molar-refractivity contribution in [1.29, 1.82) is 0 Å². The number of amides is 1. The molecule has 2 atom stereocenters. The number of carbonyl (C=O) groups is 1. The first kappa shape index (κ1) is 25.5. The summed E-state index contributed by atoms with van der Waals surface area (Å²) in [5.74, 6) is -2.13. The summed E-state index contributed by atoms with van der Waals surface area (Å²) in [4.78, 5) is 24.5. The van der Waals surface area contributed by atoms with Gasteiger partial charge in [0.1, 0.15) is 5.82 Å². The van der Waals surface area contributed by atoms with E-state index in [1.807, 2.05) is 28.6 Å². The van der Waals surface area contributed by atoms with Crippen LogP contribution in [-0.4, -0.2) is 37.2 Å². The molecule has 4 rings (SSSR count). The van der Waals surface area contributed by atoms with E-state index in [1.54, 1.807) is 0 Å². The lowest BCUT2D eigenvalue weighted by molar-refractivity contribution is -0.145. The highest BCUT2D eigenvalue weighted by Gasteiger charge is 2.36. The van der Waals surface area contributed by atoms with Crippen LogP contribution < -0.4 is 5.32 Å². The number of carbonyl (C=O) groups excluding carboxylic acids is 1. The standard InChI is InChI=1S/C23H20BrF4N5OS/c1-13-2-7-20(33(13)35-17-5-3-16(24)4-6-17)21(34)30-9-14-8-19(29-12-18(14)25)15-10-31-22(32-11-15)23(26,27)28/h3-6,8,10-13,20H,2,7,9H2,1H3,(H,30,34)/t13-,20-/m0/s1. The molecule has 1 saturated heterocycles. The first-order valence-electron chi connectivity index (χ1n) is 10.7. The number of hydrogen-bond acceptors (Lipinski definition) is 6. The summed E-state index contributed by atoms with van der Waals surface area (Å²) in [7, 11) is 0. The summed E-state index contributed by atoms with van der Waals surface area (Å²) >= 11 is 4.92. The van der Waals surface area contributed by atoms with Crippen molar-refractivity contribution in [3.63, 3.8) is 0 Å². The Bertz CT molecular complexity index is 1190. The Labute approximate surface area is 211 Å². The molecule has 1 fully saturated rings. The van der Waals surface area contributed by atoms with Gasteiger partial charge in [-0.05, 0) is 62.0 Å². The molecule has 12 heteroatoms. The summed E-state index contributed by atoms with van der Waals surface area (Å²) < 4.78 is 55.5. The predicted molar refractivity (Wildman–Crippen MR) is 126 cm³/mol. The van der Waals surface area contributed by atoms with Crippen LogP contribution in [0.3, 0.4) is 0 Å². The van der Waals surface area contributed by atoms with Crippen LogP contribution in [0.15, 0.2) is 58.3 Å². The van der Waals surface area contributed by atoms with Gasteiger partial charge in [-0.25, -0.2) is 18.7 Å². The predicted octanol–water partition coefficient (Wildman–Crippen LogP) is 5.64. The van der Waals surface area contributed by atoms with Crippen molar-refractivity contribution in [3.05, 3.63) is 70.6 Å². The Morgan fingerprint density at radius 1 is 1.14 bits per heavy atom. The molecule has 6 nitrogen and oxygen atoms in total. The maximum Gasteiger partial charge on any atom is 0.451 e. The largest absolute Gasteiger partial charge is 0.451 e. The number of hydrogen-bond donors (Lipinski definition) is 1. The normalized spacial score (nSPS) is 18.6. The summed E-state index contributed by atoms with van der Waals surface area (Å²) in [5, 5.41) is 2.79. The minimum atomic E-state index is -4.66. The van der Waals surface area contributed by atoms with Crippen LogP contribution in [0, 0.1) is 5.82 Å². The quantitative estimate of drug-likeness (QED) is 0.306. The van der Waals surface area contributed by atoms with Crippen molar-refractivity contribution in [1.82, 2.24) is 24.6 Å². The SMILES string of the molecule is C[C@H]1CC[C@@H](C(=O)NCc2cc(-c3cnc(C(F)(F)F)nc3)ncc2F)N1Sc1ccc(Br)cc1. The van der Waals surface area contributed by atoms with Gasteiger partial charge in [-0.3, -0.25) is 9.78 Å². The van der Waals surface area contributed by atoms with Gasteiger partial charge in [0.2, 0.25) is 11.7 Å². The van der Waals surface area contributed by atoms with E-state index in [-0.39, 0.29) is 41.4 Å². The second-order valence-corrected chi connectivity index (χ2v) is 10.0. The van der Waals surface area contributed by atoms with E-state index in [0.717, 1.165) is 34.4 Å². The minimum absolute atomic E-state index is 0.0939. The zero-order valence-electron chi connectivity index (χ0n) is 18.4. The number of nitrogens with one attached hydrogen (secondary N) is 1. The highest BCUT2D eigenvalue weighted by molar-refractivity contribution is 9.10. The summed E-state index contributed by atoms with van der Waals surface area (Å²) in [6.07, 6.45) is -0.217. The third-order valence-corrected chi connectivity index (χ3v) is 7.35. The van der Waals surface area contributed by atoms with Gasteiger partial charge in [-0.2, -0.15) is 13.2 Å². The van der Waals surface area contributed by atoms with Crippen molar-refractivity contribution < 1.29 is 22.4 Å². The monoisotopic (exact) mass is 569 g/mol. The molecule has 1 aliphatic heterocycles. The van der Waals surface area contributed by atoms with Crippen molar-refractivity contribution in [3.8, 4) is 11.3 Å². The Balaban J connectivity index is 1.44. The van der Waals surface area contributed by atoms with Crippen LogP contribution in [0.1, 0.15) is 31.2 Å². The molecule has 0 radical (unpaired) electrons. The molecule has 3 aromatic rings. The van der Waals surface area contributed by atoms with Crippen molar-refractivity contribution in [2.24, 2.45) is 0 Å². The number of nitrogens with zero attached hydrogens (tertiary/aromatic N) is 4. The van der Waals surface area contributed by atoms with Crippen LogP contribution in [0.4, 0.5) is 17.6 Å². The van der Waals surface area contributed by atoms with Crippen molar-refractivity contribution in [2.45, 2.75) is 49.5 Å². The number of halogens is 5. The Morgan fingerprint density at radius 2 is 1.83 bits per heavy atom. The van der Waals surface area contributed by atoms with Gasteiger partial charge in [0.15, 0.2) is 0 Å². The van der Waals surface area contributed by atoms with E-state index in [1.165, 1.54) is 18.0 Å². The second-order valence-electron chi connectivity index (χ2n) is 8.02. The highest BCUT2D eigenvalue weighted by Crippen LogP contribution is 2.36. The molecule has 0 spiro atoms. The number of pyridine rings is 1. The summed E-state index contributed by atoms with van der Waals surface area (Å²) in [6.45, 7) is 1.96. The fourth-order valence-electron chi connectivity index (χ4n) is 3.66. The molecule has 1 N–H and O–H groups in total. The molecule has 0 saturated carbocycles. The van der Waals surface area contributed by atoms with E-state index in [9.17, 15) is 22.4 Å². The van der Waals surface area contributed by atoms with Gasteiger partial charge in [-0.15, -0.1) is 0 Å². The van der Waals surface area contributed by atoms with E-state index in [2.05, 4.69) is 43.1 Å². The van der Waals surface area contributed by atoms with Crippen LogP contribution in [0.2, 0.25) is 0 Å². The maximum atomic E-state index is 14.4. The molecule has 0 unspecified atom stereocenters. The van der Waals surface area contributed by atoms with Crippen molar-refractivity contribution >= 4 is 33.8 Å². The highest BCUT2D eigenvalue weighted by atomic mass is 79.9. The van der Waals surface area contributed by atoms with Gasteiger partial charge in [0.05, 0.1) is 17.9 Å². The van der Waals surface area contributed by atoms with Crippen LogP contribution in [0.5, 0.6) is 0 Å². The third-order valence-electron chi connectivity index (χ3n) is 5.52. The molecule has 0 bridgehead atoms. The number of alkyl halides is 3. The fraction of sp³-hybridized carbons (Fsp3) is 0.304. The van der Waals surface area contributed by atoms with Crippen LogP contribution in [-0.2, 0) is 17.5 Å². The Hall–Kier alpha value is -2.57. The molecule has 0 aliphatic carbocycles. The molecule has 1 amide bonds. The third kappa shape index (κ3) is 6.17. The van der Waals surface area contributed by atoms with E-state index in [0.29, 0.717) is 6.42 Å². The van der Waals surface area contributed by atoms with Gasteiger partial charge in [-0.1, -0.05) is 15.9 Å². The fourth-order valence-corrected chi connectivity index (χ4v) is 5.04. The first-order chi connectivity index (χ1) is 16.6. The van der Waals surface area contributed by atoms with Crippen LogP contribution in [0.25, 0.3) is 11.3 Å². The maximum absolute atomic E-state index is 14.4. The lowest BCUT2D eigenvalue weighted by Crippen LogP contribution is -2.41. The van der Waals surface area contributed by atoms with Gasteiger partial charge in [0, 0.05) is 45.5 Å². The molecule has 2 aromatic heterocycles. The lowest BCUT2D eigenvalue weighted by atomic mass is 10.1. The summed E-state index contributed by atoms with van der Waals surface area (Å²) in [5.41, 5.74) is 0.556. The molecule has 1 aromatic carbocycles. The topological polar surface area (TPSA) is 71.0 Å². The smallest absolute Gasteiger partial charge is 0.351 e. The minimum Gasteiger partial charge on any atom is -0.351 e. The van der Waals surface area contributed by atoms with Crippen LogP contribution >= 0.6 is 27.9 Å².